The van der Waals surface area contributed by atoms with Crippen molar-refractivity contribution in [2.24, 2.45) is 5.73 Å². The zero-order valence-electron chi connectivity index (χ0n) is 5.86. The van der Waals surface area contributed by atoms with Crippen LogP contribution in [0.5, 0.6) is 0 Å². The predicted octanol–water partition coefficient (Wildman–Crippen LogP) is -1.29. The van der Waals surface area contributed by atoms with Gasteiger partial charge in [0, 0.05) is 13.0 Å². The Balaban J connectivity index is 3.98. The maximum Gasteiger partial charge on any atom is 0.507 e. The fourth-order valence-electron chi connectivity index (χ4n) is 0.525. The van der Waals surface area contributed by atoms with Crippen LogP contribution in [0, 0.1) is 0 Å². The maximum atomic E-state index is 9.95. The van der Waals surface area contributed by atoms with Crippen molar-refractivity contribution in [2.45, 2.75) is 12.1 Å². The van der Waals surface area contributed by atoms with Gasteiger partial charge in [0.15, 0.2) is 5.72 Å². The quantitative estimate of drug-likeness (QED) is 0.304. The van der Waals surface area contributed by atoms with E-state index in [-0.39, 0.29) is 13.0 Å². The number of nitrogens with two attached hydrogens (primary N) is 1. The van der Waals surface area contributed by atoms with Gasteiger partial charge in [-0.1, -0.05) is 0 Å². The molecule has 0 bridgehead atoms. The molecular formula is C5H11NO5. The average Bonchev–Trinajstić information content (AvgIpc) is 1.87. The summed E-state index contributed by atoms with van der Waals surface area (Å²) in [5, 5.41) is 25.0. The highest BCUT2D eigenvalue weighted by atomic mass is 16.7. The molecule has 0 spiro atoms. The summed E-state index contributed by atoms with van der Waals surface area (Å²) in [7, 11) is 0. The minimum Gasteiger partial charge on any atom is -0.450 e. The van der Waals surface area contributed by atoms with Crippen LogP contribution < -0.4 is 5.73 Å². The van der Waals surface area contributed by atoms with Crippen molar-refractivity contribution in [3.8, 4) is 0 Å². The van der Waals surface area contributed by atoms with Crippen molar-refractivity contribution in [3.63, 3.8) is 0 Å². The first-order valence-corrected chi connectivity index (χ1v) is 2.96. The summed E-state index contributed by atoms with van der Waals surface area (Å²) in [5.41, 5.74) is 3.52. The second-order valence-corrected chi connectivity index (χ2v) is 2.06. The van der Waals surface area contributed by atoms with Gasteiger partial charge in [-0.15, -0.1) is 0 Å². The first-order valence-electron chi connectivity index (χ1n) is 2.96. The Morgan fingerprint density at radius 2 is 2.09 bits per heavy atom. The van der Waals surface area contributed by atoms with Gasteiger partial charge in [0.2, 0.25) is 0 Å². The molecule has 0 aromatic heterocycles. The number of hydrogen-bond acceptors (Lipinski definition) is 5. The van der Waals surface area contributed by atoms with Crippen LogP contribution in [0.15, 0.2) is 0 Å². The van der Waals surface area contributed by atoms with Gasteiger partial charge in [0.25, 0.3) is 0 Å². The largest absolute Gasteiger partial charge is 0.507 e. The standard InChI is InChI=1S/C5H11NO5/c6-5(3-8,1-2-7)11-4(9)10/h7-8H,1-3,6H2,(H,9,10). The molecule has 0 radical (unpaired) electrons. The fraction of sp³-hybridized carbons (Fsp3) is 0.800. The smallest absolute Gasteiger partial charge is 0.450 e. The topological polar surface area (TPSA) is 113 Å². The molecule has 11 heavy (non-hydrogen) atoms. The van der Waals surface area contributed by atoms with E-state index in [1.54, 1.807) is 0 Å². The number of ether oxygens (including phenoxy) is 1. The molecule has 0 aliphatic rings. The van der Waals surface area contributed by atoms with Crippen molar-refractivity contribution in [2.75, 3.05) is 13.2 Å². The lowest BCUT2D eigenvalue weighted by molar-refractivity contribution is -0.0599. The molecule has 0 amide bonds. The number of carbonyl (C=O) groups is 1. The highest BCUT2D eigenvalue weighted by molar-refractivity contribution is 5.57. The van der Waals surface area contributed by atoms with Crippen LogP contribution in [0.4, 0.5) is 4.79 Å². The van der Waals surface area contributed by atoms with E-state index in [1.807, 2.05) is 0 Å². The third-order valence-corrected chi connectivity index (χ3v) is 1.09. The molecule has 0 saturated heterocycles. The van der Waals surface area contributed by atoms with E-state index in [4.69, 9.17) is 21.1 Å². The molecule has 0 aliphatic carbocycles. The summed E-state index contributed by atoms with van der Waals surface area (Å²) in [6.45, 7) is -0.996. The van der Waals surface area contributed by atoms with Crippen LogP contribution >= 0.6 is 0 Å². The highest BCUT2D eigenvalue weighted by Crippen LogP contribution is 2.06. The van der Waals surface area contributed by atoms with Crippen LogP contribution in [0.25, 0.3) is 0 Å². The molecule has 0 saturated carbocycles. The Bertz CT molecular complexity index is 139. The summed E-state index contributed by atoms with van der Waals surface area (Å²) >= 11 is 0. The molecule has 5 N–H and O–H groups in total. The van der Waals surface area contributed by atoms with Crippen molar-refractivity contribution >= 4 is 6.16 Å². The minimum absolute atomic E-state index is 0.129. The number of aliphatic hydroxyl groups is 2. The van der Waals surface area contributed by atoms with E-state index >= 15 is 0 Å². The Morgan fingerprint density at radius 1 is 1.55 bits per heavy atom. The predicted molar refractivity (Wildman–Crippen MR) is 34.8 cm³/mol. The third-order valence-electron chi connectivity index (χ3n) is 1.09. The molecule has 1 unspecified atom stereocenters. The van der Waals surface area contributed by atoms with Crippen molar-refractivity contribution in [1.29, 1.82) is 0 Å². The Hall–Kier alpha value is -0.850. The molecule has 6 nitrogen and oxygen atoms in total. The third kappa shape index (κ3) is 3.76. The van der Waals surface area contributed by atoms with Gasteiger partial charge in [-0.2, -0.15) is 0 Å². The molecule has 0 aromatic rings. The summed E-state index contributed by atoms with van der Waals surface area (Å²) in [5.74, 6) is 0. The normalized spacial score (nSPS) is 15.5. The summed E-state index contributed by atoms with van der Waals surface area (Å²) in [6.07, 6.45) is -1.70. The Morgan fingerprint density at radius 3 is 2.36 bits per heavy atom. The van der Waals surface area contributed by atoms with Gasteiger partial charge >= 0.3 is 6.16 Å². The van der Waals surface area contributed by atoms with Crippen LogP contribution in [0.2, 0.25) is 0 Å². The van der Waals surface area contributed by atoms with E-state index in [2.05, 4.69) is 4.74 Å². The van der Waals surface area contributed by atoms with E-state index < -0.39 is 18.5 Å². The molecule has 0 aliphatic heterocycles. The molecule has 0 heterocycles. The molecule has 0 fully saturated rings. The van der Waals surface area contributed by atoms with E-state index in [1.165, 1.54) is 0 Å². The van der Waals surface area contributed by atoms with Gasteiger partial charge in [0.05, 0.1) is 6.61 Å². The number of carboxylic acid groups (broad SMARTS) is 1. The second-order valence-electron chi connectivity index (χ2n) is 2.06. The molecule has 1 atom stereocenters. The van der Waals surface area contributed by atoms with Crippen LogP contribution in [-0.2, 0) is 4.74 Å². The van der Waals surface area contributed by atoms with Gasteiger partial charge in [-0.25, -0.2) is 4.79 Å². The minimum atomic E-state index is -1.68. The lowest BCUT2D eigenvalue weighted by atomic mass is 10.2. The first kappa shape index (κ1) is 10.2. The van der Waals surface area contributed by atoms with E-state index in [9.17, 15) is 4.79 Å². The van der Waals surface area contributed by atoms with Crippen LogP contribution in [0.1, 0.15) is 6.42 Å². The molecular weight excluding hydrogens is 154 g/mol. The SMILES string of the molecule is NC(CO)(CCO)OC(=O)O. The zero-order valence-corrected chi connectivity index (χ0v) is 5.86. The highest BCUT2D eigenvalue weighted by Gasteiger charge is 2.27. The fourth-order valence-corrected chi connectivity index (χ4v) is 0.525. The zero-order chi connectivity index (χ0) is 8.91. The van der Waals surface area contributed by atoms with Crippen molar-refractivity contribution in [3.05, 3.63) is 0 Å². The number of aliphatic hydroxyl groups excluding tert-OH is 2. The monoisotopic (exact) mass is 165 g/mol. The first-order chi connectivity index (χ1) is 5.04. The Labute approximate surface area is 63.2 Å². The van der Waals surface area contributed by atoms with Crippen LogP contribution in [-0.4, -0.2) is 40.4 Å². The molecule has 0 rings (SSSR count). The average molecular weight is 165 g/mol. The summed E-state index contributed by atoms with van der Waals surface area (Å²) < 4.78 is 4.11. The van der Waals surface area contributed by atoms with Crippen molar-refractivity contribution < 1.29 is 24.9 Å². The summed E-state index contributed by atoms with van der Waals surface area (Å²) in [6, 6.07) is 0. The lowest BCUT2D eigenvalue weighted by Crippen LogP contribution is -2.48. The maximum absolute atomic E-state index is 9.95. The molecule has 6 heteroatoms. The van der Waals surface area contributed by atoms with Crippen molar-refractivity contribution in [1.82, 2.24) is 0 Å². The second kappa shape index (κ2) is 4.12. The van der Waals surface area contributed by atoms with Gasteiger partial charge in [-0.3, -0.25) is 5.73 Å². The number of hydrogen-bond donors (Lipinski definition) is 4. The number of rotatable bonds is 4. The Kier molecular flexibility index (Phi) is 3.80. The molecule has 0 aromatic carbocycles. The van der Waals surface area contributed by atoms with E-state index in [0.717, 1.165) is 0 Å². The molecule has 66 valence electrons. The van der Waals surface area contributed by atoms with Gasteiger partial charge < -0.3 is 20.1 Å². The summed E-state index contributed by atoms with van der Waals surface area (Å²) in [4.78, 5) is 9.95. The van der Waals surface area contributed by atoms with Gasteiger partial charge in [0.1, 0.15) is 0 Å². The van der Waals surface area contributed by atoms with Gasteiger partial charge in [-0.05, 0) is 0 Å². The lowest BCUT2D eigenvalue weighted by Gasteiger charge is -2.24. The van der Waals surface area contributed by atoms with Crippen LogP contribution in [0.3, 0.4) is 0 Å². The van der Waals surface area contributed by atoms with E-state index in [0.29, 0.717) is 0 Å².